The number of nitrogens with one attached hydrogen (secondary N) is 1. The molecule has 0 bridgehead atoms. The Morgan fingerprint density at radius 1 is 1.21 bits per heavy atom. The predicted molar refractivity (Wildman–Crippen MR) is 109 cm³/mol. The standard InChI is InChI=1S/C20H20N6OS/c1-14-15(2)28-20-22-17(12-26(14)20)11-21-19(27)18-13-25(24-23-18)10-6-9-16-7-4-3-5-8-16/h3-9,12-13H,10-11H2,1-2H3,(H,21,27)/b9-6+. The number of aromatic nitrogens is 5. The van der Waals surface area contributed by atoms with E-state index in [1.54, 1.807) is 22.2 Å². The lowest BCUT2D eigenvalue weighted by atomic mass is 10.2. The second kappa shape index (κ2) is 7.77. The summed E-state index contributed by atoms with van der Waals surface area (Å²) in [4.78, 5) is 19.1. The molecular weight excluding hydrogens is 372 g/mol. The van der Waals surface area contributed by atoms with E-state index < -0.39 is 0 Å². The molecule has 0 saturated carbocycles. The first-order chi connectivity index (χ1) is 13.6. The lowest BCUT2D eigenvalue weighted by Crippen LogP contribution is -2.23. The summed E-state index contributed by atoms with van der Waals surface area (Å²) in [6.07, 6.45) is 7.59. The number of carbonyl (C=O) groups excluding carboxylic acids is 1. The van der Waals surface area contributed by atoms with Crippen LogP contribution < -0.4 is 5.32 Å². The van der Waals surface area contributed by atoms with Crippen LogP contribution >= 0.6 is 11.3 Å². The molecule has 0 spiro atoms. The van der Waals surface area contributed by atoms with E-state index in [0.29, 0.717) is 18.8 Å². The summed E-state index contributed by atoms with van der Waals surface area (Å²) in [5, 5.41) is 10.8. The quantitative estimate of drug-likeness (QED) is 0.546. The Morgan fingerprint density at radius 3 is 2.82 bits per heavy atom. The molecule has 3 heterocycles. The van der Waals surface area contributed by atoms with Crippen molar-refractivity contribution in [3.63, 3.8) is 0 Å². The Kier molecular flexibility index (Phi) is 5.03. The highest BCUT2D eigenvalue weighted by molar-refractivity contribution is 7.17. The molecule has 0 aliphatic heterocycles. The Labute approximate surface area is 166 Å². The Bertz CT molecular complexity index is 1140. The van der Waals surface area contributed by atoms with Crippen LogP contribution in [-0.2, 0) is 13.1 Å². The highest BCUT2D eigenvalue weighted by Gasteiger charge is 2.13. The van der Waals surface area contributed by atoms with Crippen molar-refractivity contribution in [1.29, 1.82) is 0 Å². The van der Waals surface area contributed by atoms with Gasteiger partial charge in [-0.2, -0.15) is 0 Å². The fraction of sp³-hybridized carbons (Fsp3) is 0.200. The van der Waals surface area contributed by atoms with E-state index in [1.807, 2.05) is 48.7 Å². The molecule has 4 rings (SSSR count). The summed E-state index contributed by atoms with van der Waals surface area (Å²) in [6, 6.07) is 10.0. The Balaban J connectivity index is 1.34. The van der Waals surface area contributed by atoms with E-state index in [-0.39, 0.29) is 5.91 Å². The van der Waals surface area contributed by atoms with Crippen LogP contribution in [0.1, 0.15) is 32.3 Å². The zero-order chi connectivity index (χ0) is 19.5. The minimum absolute atomic E-state index is 0.262. The van der Waals surface area contributed by atoms with Crippen molar-refractivity contribution in [2.24, 2.45) is 0 Å². The fourth-order valence-corrected chi connectivity index (χ4v) is 3.77. The molecule has 4 aromatic rings. The van der Waals surface area contributed by atoms with Gasteiger partial charge >= 0.3 is 0 Å². The van der Waals surface area contributed by atoms with Crippen LogP contribution in [0, 0.1) is 13.8 Å². The molecule has 0 saturated heterocycles. The minimum atomic E-state index is -0.262. The van der Waals surface area contributed by atoms with Gasteiger partial charge in [-0.25, -0.2) is 9.67 Å². The smallest absolute Gasteiger partial charge is 0.273 e. The summed E-state index contributed by atoms with van der Waals surface area (Å²) in [6.45, 7) is 5.04. The fourth-order valence-electron chi connectivity index (χ4n) is 2.80. The second-order valence-electron chi connectivity index (χ2n) is 6.45. The maximum absolute atomic E-state index is 12.3. The van der Waals surface area contributed by atoms with E-state index in [4.69, 9.17) is 0 Å². The van der Waals surface area contributed by atoms with E-state index >= 15 is 0 Å². The van der Waals surface area contributed by atoms with Crippen LogP contribution in [-0.4, -0.2) is 30.3 Å². The number of imidazole rings is 1. The number of rotatable bonds is 6. The number of hydrogen-bond acceptors (Lipinski definition) is 5. The van der Waals surface area contributed by atoms with Crippen LogP contribution in [0.4, 0.5) is 0 Å². The first kappa shape index (κ1) is 18.1. The summed E-state index contributed by atoms with van der Waals surface area (Å²) in [7, 11) is 0. The van der Waals surface area contributed by atoms with Crippen LogP contribution in [0.15, 0.2) is 48.8 Å². The number of aryl methyl sites for hydroxylation is 2. The number of hydrogen-bond donors (Lipinski definition) is 1. The van der Waals surface area contributed by atoms with Gasteiger partial charge in [0.25, 0.3) is 5.91 Å². The third kappa shape index (κ3) is 3.86. The lowest BCUT2D eigenvalue weighted by molar-refractivity contribution is 0.0945. The third-order valence-electron chi connectivity index (χ3n) is 4.44. The maximum Gasteiger partial charge on any atom is 0.273 e. The summed E-state index contributed by atoms with van der Waals surface area (Å²) < 4.78 is 3.68. The molecule has 142 valence electrons. The molecule has 1 aromatic carbocycles. The Hall–Kier alpha value is -3.26. The number of benzene rings is 1. The minimum Gasteiger partial charge on any atom is -0.345 e. The molecule has 8 heteroatoms. The van der Waals surface area contributed by atoms with Gasteiger partial charge in [-0.1, -0.05) is 47.7 Å². The molecule has 1 N–H and O–H groups in total. The van der Waals surface area contributed by atoms with Crippen molar-refractivity contribution in [2.75, 3.05) is 0 Å². The molecule has 0 unspecified atom stereocenters. The van der Waals surface area contributed by atoms with Gasteiger partial charge in [0.1, 0.15) is 0 Å². The largest absolute Gasteiger partial charge is 0.345 e. The number of allylic oxidation sites excluding steroid dienone is 1. The molecule has 0 atom stereocenters. The topological polar surface area (TPSA) is 77.1 Å². The van der Waals surface area contributed by atoms with Crippen LogP contribution in [0.3, 0.4) is 0 Å². The van der Waals surface area contributed by atoms with E-state index in [2.05, 4.69) is 38.9 Å². The average Bonchev–Trinajstić information content (AvgIpc) is 3.39. The number of fused-ring (bicyclic) bond motifs is 1. The predicted octanol–water partition coefficient (Wildman–Crippen LogP) is 3.25. The molecule has 0 fully saturated rings. The summed E-state index contributed by atoms with van der Waals surface area (Å²) in [5.41, 5.74) is 3.41. The summed E-state index contributed by atoms with van der Waals surface area (Å²) in [5.74, 6) is -0.262. The highest BCUT2D eigenvalue weighted by atomic mass is 32.1. The number of amides is 1. The maximum atomic E-state index is 12.3. The van der Waals surface area contributed by atoms with Gasteiger partial charge in [-0.3, -0.25) is 9.20 Å². The first-order valence-corrected chi connectivity index (χ1v) is 9.75. The van der Waals surface area contributed by atoms with Crippen molar-refractivity contribution in [3.05, 3.63) is 76.3 Å². The van der Waals surface area contributed by atoms with Crippen molar-refractivity contribution < 1.29 is 4.79 Å². The molecular formula is C20H20N6OS. The highest BCUT2D eigenvalue weighted by Crippen LogP contribution is 2.21. The average molecular weight is 392 g/mol. The van der Waals surface area contributed by atoms with E-state index in [0.717, 1.165) is 16.2 Å². The van der Waals surface area contributed by atoms with Crippen LogP contribution in [0.2, 0.25) is 0 Å². The van der Waals surface area contributed by atoms with E-state index in [1.165, 1.54) is 10.6 Å². The number of thiazole rings is 1. The molecule has 1 amide bonds. The van der Waals surface area contributed by atoms with Gasteiger partial charge in [0.2, 0.25) is 0 Å². The zero-order valence-corrected chi connectivity index (χ0v) is 16.5. The second-order valence-corrected chi connectivity index (χ2v) is 7.63. The van der Waals surface area contributed by atoms with Gasteiger partial charge < -0.3 is 5.32 Å². The van der Waals surface area contributed by atoms with Crippen molar-refractivity contribution in [3.8, 4) is 0 Å². The monoisotopic (exact) mass is 392 g/mol. The van der Waals surface area contributed by atoms with Gasteiger partial charge in [0.15, 0.2) is 10.7 Å². The molecule has 0 aliphatic rings. The van der Waals surface area contributed by atoms with Gasteiger partial charge in [0.05, 0.1) is 25.0 Å². The third-order valence-corrected chi connectivity index (χ3v) is 5.51. The summed E-state index contributed by atoms with van der Waals surface area (Å²) >= 11 is 1.65. The zero-order valence-electron chi connectivity index (χ0n) is 15.7. The van der Waals surface area contributed by atoms with Crippen LogP contribution in [0.5, 0.6) is 0 Å². The lowest BCUT2D eigenvalue weighted by Gasteiger charge is -1.99. The van der Waals surface area contributed by atoms with Gasteiger partial charge in [-0.05, 0) is 19.4 Å². The first-order valence-electron chi connectivity index (χ1n) is 8.94. The molecule has 28 heavy (non-hydrogen) atoms. The van der Waals surface area contributed by atoms with E-state index in [9.17, 15) is 4.79 Å². The van der Waals surface area contributed by atoms with Crippen molar-refractivity contribution in [2.45, 2.75) is 26.9 Å². The molecule has 3 aromatic heterocycles. The van der Waals surface area contributed by atoms with Gasteiger partial charge in [-0.15, -0.1) is 16.4 Å². The van der Waals surface area contributed by atoms with Gasteiger partial charge in [0, 0.05) is 16.8 Å². The van der Waals surface area contributed by atoms with Crippen LogP contribution in [0.25, 0.3) is 11.0 Å². The molecule has 7 nitrogen and oxygen atoms in total. The number of nitrogens with zero attached hydrogens (tertiary/aromatic N) is 5. The molecule has 0 aliphatic carbocycles. The molecule has 0 radical (unpaired) electrons. The normalized spacial score (nSPS) is 11.5. The van der Waals surface area contributed by atoms with Crippen molar-refractivity contribution in [1.82, 2.24) is 29.7 Å². The van der Waals surface area contributed by atoms with Crippen molar-refractivity contribution >= 4 is 28.3 Å². The Morgan fingerprint density at radius 2 is 2.04 bits per heavy atom. The number of carbonyl (C=O) groups is 1. The SMILES string of the molecule is Cc1sc2nc(CNC(=O)c3cn(C/C=C/c4ccccc4)nn3)cn2c1C.